The highest BCUT2D eigenvalue weighted by molar-refractivity contribution is 5.97. The molecule has 3 aromatic carbocycles. The number of aromatic nitrogens is 3. The molecule has 0 bridgehead atoms. The molecule has 0 atom stereocenters. The van der Waals surface area contributed by atoms with E-state index in [1.165, 1.54) is 6.08 Å². The maximum atomic E-state index is 12.7. The molecule has 1 fully saturated rings. The minimum atomic E-state index is -0.653. The van der Waals surface area contributed by atoms with E-state index >= 15 is 0 Å². The van der Waals surface area contributed by atoms with Gasteiger partial charge in [-0.05, 0) is 48.7 Å². The van der Waals surface area contributed by atoms with Gasteiger partial charge in [0.05, 0.1) is 5.69 Å². The van der Waals surface area contributed by atoms with Crippen LogP contribution in [0.5, 0.6) is 0 Å². The van der Waals surface area contributed by atoms with Crippen LogP contribution in [0.4, 0.5) is 0 Å². The molecule has 9 nitrogen and oxygen atoms in total. The lowest BCUT2D eigenvalue weighted by Gasteiger charge is -2.05. The fourth-order valence-electron chi connectivity index (χ4n) is 3.56. The van der Waals surface area contributed by atoms with Crippen LogP contribution in [0.25, 0.3) is 23.2 Å². The van der Waals surface area contributed by atoms with Crippen molar-refractivity contribution in [2.45, 2.75) is 18.9 Å². The molecule has 0 spiro atoms. The van der Waals surface area contributed by atoms with E-state index in [1.54, 1.807) is 35.0 Å². The van der Waals surface area contributed by atoms with Gasteiger partial charge in [0.2, 0.25) is 5.82 Å². The van der Waals surface area contributed by atoms with Crippen molar-refractivity contribution < 1.29 is 14.4 Å². The van der Waals surface area contributed by atoms with Gasteiger partial charge in [-0.1, -0.05) is 60.7 Å². The molecular weight excluding hydrogens is 468 g/mol. The lowest BCUT2D eigenvalue weighted by Crippen LogP contribution is -2.41. The maximum absolute atomic E-state index is 12.7. The van der Waals surface area contributed by atoms with Crippen LogP contribution < -0.4 is 16.2 Å². The Hall–Kier alpha value is -5.05. The van der Waals surface area contributed by atoms with Crippen LogP contribution in [0.1, 0.15) is 39.4 Å². The molecule has 4 aromatic rings. The van der Waals surface area contributed by atoms with Gasteiger partial charge in [0.25, 0.3) is 11.8 Å². The van der Waals surface area contributed by atoms with Gasteiger partial charge in [0.1, 0.15) is 0 Å². The molecule has 1 heterocycles. The number of nitrogens with zero attached hydrogens (tertiary/aromatic N) is 3. The zero-order valence-corrected chi connectivity index (χ0v) is 19.8. The normalized spacial score (nSPS) is 12.8. The number of hydrazine groups is 1. The van der Waals surface area contributed by atoms with Crippen LogP contribution in [0.3, 0.4) is 0 Å². The molecular formula is C28H24N6O3. The average Bonchev–Trinajstić information content (AvgIpc) is 3.65. The van der Waals surface area contributed by atoms with E-state index in [9.17, 15) is 14.4 Å². The Morgan fingerprint density at radius 1 is 0.811 bits per heavy atom. The second kappa shape index (κ2) is 10.7. The van der Waals surface area contributed by atoms with Gasteiger partial charge in [-0.25, -0.2) is 9.67 Å². The van der Waals surface area contributed by atoms with Crippen molar-refractivity contribution in [1.29, 1.82) is 0 Å². The summed E-state index contributed by atoms with van der Waals surface area (Å²) in [5.41, 5.74) is 7.53. The molecule has 0 unspecified atom stereocenters. The highest BCUT2D eigenvalue weighted by atomic mass is 16.2. The van der Waals surface area contributed by atoms with E-state index in [0.29, 0.717) is 17.4 Å². The third kappa shape index (κ3) is 5.96. The largest absolute Gasteiger partial charge is 0.349 e. The summed E-state index contributed by atoms with van der Waals surface area (Å²) >= 11 is 0. The number of carbonyl (C=O) groups is 3. The predicted molar refractivity (Wildman–Crippen MR) is 138 cm³/mol. The Kier molecular flexibility index (Phi) is 6.84. The van der Waals surface area contributed by atoms with Gasteiger partial charge in [0, 0.05) is 23.2 Å². The fourth-order valence-corrected chi connectivity index (χ4v) is 3.56. The Bertz CT molecular complexity index is 1390. The topological polar surface area (TPSA) is 118 Å². The average molecular weight is 493 g/mol. The molecule has 0 radical (unpaired) electrons. The Balaban J connectivity index is 1.22. The van der Waals surface area contributed by atoms with Gasteiger partial charge in [-0.3, -0.25) is 25.2 Å². The number of amides is 3. The van der Waals surface area contributed by atoms with Crippen molar-refractivity contribution in [3.05, 3.63) is 108 Å². The molecule has 0 saturated heterocycles. The van der Waals surface area contributed by atoms with Gasteiger partial charge in [-0.15, -0.1) is 5.10 Å². The Morgan fingerprint density at radius 2 is 1.49 bits per heavy atom. The van der Waals surface area contributed by atoms with Gasteiger partial charge in [-0.2, -0.15) is 0 Å². The molecule has 1 saturated carbocycles. The van der Waals surface area contributed by atoms with Crippen molar-refractivity contribution in [3.8, 4) is 17.1 Å². The SMILES string of the molecule is O=C(/C=C/c1ccc(C(=O)NC2CC2)cc1)NNC(=O)c1nc(-c2ccccc2)n(-c2ccccc2)n1. The van der Waals surface area contributed by atoms with Crippen LogP contribution in [0, 0.1) is 0 Å². The predicted octanol–water partition coefficient (Wildman–Crippen LogP) is 3.30. The molecule has 1 aromatic heterocycles. The second-order valence-electron chi connectivity index (χ2n) is 8.52. The number of benzene rings is 3. The first kappa shape index (κ1) is 23.7. The van der Waals surface area contributed by atoms with Crippen molar-refractivity contribution >= 4 is 23.8 Å². The first-order chi connectivity index (χ1) is 18.1. The van der Waals surface area contributed by atoms with Crippen molar-refractivity contribution in [2.24, 2.45) is 0 Å². The molecule has 5 rings (SSSR count). The van der Waals surface area contributed by atoms with E-state index < -0.39 is 11.8 Å². The summed E-state index contributed by atoms with van der Waals surface area (Å²) in [6.45, 7) is 0. The zero-order chi connectivity index (χ0) is 25.6. The standard InChI is InChI=1S/C28H24N6O3/c35-24(18-13-19-11-14-21(15-12-19)27(36)29-22-16-17-22)31-32-28(37)25-30-26(20-7-3-1-4-8-20)34(33-25)23-9-5-2-6-10-23/h1-15,18,22H,16-17H2,(H,29,36)(H,31,35)(H,32,37)/b18-13+. The summed E-state index contributed by atoms with van der Waals surface area (Å²) in [4.78, 5) is 41.4. The molecule has 9 heteroatoms. The summed E-state index contributed by atoms with van der Waals surface area (Å²) < 4.78 is 1.58. The summed E-state index contributed by atoms with van der Waals surface area (Å²) in [6.07, 6.45) is 4.92. The molecule has 1 aliphatic rings. The van der Waals surface area contributed by atoms with Gasteiger partial charge in [0.15, 0.2) is 5.82 Å². The number of nitrogens with one attached hydrogen (secondary N) is 3. The van der Waals surface area contributed by atoms with Crippen LogP contribution in [0.2, 0.25) is 0 Å². The van der Waals surface area contributed by atoms with Crippen LogP contribution in [-0.2, 0) is 4.79 Å². The Morgan fingerprint density at radius 3 is 2.16 bits per heavy atom. The highest BCUT2D eigenvalue weighted by Gasteiger charge is 2.23. The summed E-state index contributed by atoms with van der Waals surface area (Å²) in [5.74, 6) is -0.879. The first-order valence-electron chi connectivity index (χ1n) is 11.8. The van der Waals surface area contributed by atoms with E-state index in [-0.39, 0.29) is 11.7 Å². The second-order valence-corrected chi connectivity index (χ2v) is 8.52. The lowest BCUT2D eigenvalue weighted by atomic mass is 10.1. The Labute approximate surface area is 213 Å². The summed E-state index contributed by atoms with van der Waals surface area (Å²) in [5, 5.41) is 7.30. The van der Waals surface area contributed by atoms with Crippen LogP contribution in [0.15, 0.2) is 91.0 Å². The first-order valence-corrected chi connectivity index (χ1v) is 11.8. The number of hydrogen-bond donors (Lipinski definition) is 3. The third-order valence-corrected chi connectivity index (χ3v) is 5.65. The smallest absolute Gasteiger partial charge is 0.309 e. The van der Waals surface area contributed by atoms with E-state index in [4.69, 9.17) is 0 Å². The van der Waals surface area contributed by atoms with Crippen molar-refractivity contribution in [1.82, 2.24) is 30.9 Å². The van der Waals surface area contributed by atoms with Crippen molar-refractivity contribution in [2.75, 3.05) is 0 Å². The minimum Gasteiger partial charge on any atom is -0.349 e. The monoisotopic (exact) mass is 492 g/mol. The number of carbonyl (C=O) groups excluding carboxylic acids is 3. The van der Waals surface area contributed by atoms with Crippen LogP contribution >= 0.6 is 0 Å². The lowest BCUT2D eigenvalue weighted by molar-refractivity contribution is -0.117. The molecule has 3 N–H and O–H groups in total. The number of rotatable bonds is 7. The van der Waals surface area contributed by atoms with E-state index in [2.05, 4.69) is 26.3 Å². The van der Waals surface area contributed by atoms with Crippen molar-refractivity contribution in [3.63, 3.8) is 0 Å². The molecule has 3 amide bonds. The summed E-state index contributed by atoms with van der Waals surface area (Å²) in [7, 11) is 0. The number of para-hydroxylation sites is 1. The van der Waals surface area contributed by atoms with E-state index in [0.717, 1.165) is 29.7 Å². The molecule has 0 aliphatic heterocycles. The molecule has 1 aliphatic carbocycles. The highest BCUT2D eigenvalue weighted by Crippen LogP contribution is 2.21. The maximum Gasteiger partial charge on any atom is 0.309 e. The zero-order valence-electron chi connectivity index (χ0n) is 19.8. The fraction of sp³-hybridized carbons (Fsp3) is 0.107. The quantitative estimate of drug-likeness (QED) is 0.270. The van der Waals surface area contributed by atoms with Gasteiger partial charge >= 0.3 is 5.91 Å². The number of hydrogen-bond acceptors (Lipinski definition) is 5. The summed E-state index contributed by atoms with van der Waals surface area (Å²) in [6, 6.07) is 25.9. The van der Waals surface area contributed by atoms with Crippen LogP contribution in [-0.4, -0.2) is 38.5 Å². The molecule has 184 valence electrons. The third-order valence-electron chi connectivity index (χ3n) is 5.65. The van der Waals surface area contributed by atoms with E-state index in [1.807, 2.05) is 60.7 Å². The molecule has 37 heavy (non-hydrogen) atoms. The van der Waals surface area contributed by atoms with Gasteiger partial charge < -0.3 is 5.32 Å². The minimum absolute atomic E-state index is 0.0907.